The van der Waals surface area contributed by atoms with Gasteiger partial charge in [0.2, 0.25) is 0 Å². The monoisotopic (exact) mass is 715 g/mol. The Balaban J connectivity index is 1.28. The molecule has 0 radical (unpaired) electrons. The first kappa shape index (κ1) is 31.9. The van der Waals surface area contributed by atoms with Gasteiger partial charge in [-0.05, 0) is 47.5 Å². The van der Waals surface area contributed by atoms with Gasteiger partial charge in [0.05, 0.1) is 33.3 Å². The first-order chi connectivity index (χ1) is 27.8. The van der Waals surface area contributed by atoms with E-state index in [9.17, 15) is 0 Å². The Kier molecular flexibility index (Phi) is 7.42. The molecule has 0 spiro atoms. The molecule has 262 valence electrons. The fourth-order valence-corrected chi connectivity index (χ4v) is 8.26. The van der Waals surface area contributed by atoms with E-state index in [4.69, 9.17) is 15.0 Å². The second-order valence-electron chi connectivity index (χ2n) is 14.0. The molecule has 0 aliphatic heterocycles. The molecule has 3 heterocycles. The van der Waals surface area contributed by atoms with Gasteiger partial charge in [-0.15, -0.1) is 0 Å². The maximum atomic E-state index is 5.44. The maximum Gasteiger partial charge on any atom is 0.168 e. The van der Waals surface area contributed by atoms with Crippen LogP contribution in [0.25, 0.3) is 100 Å². The summed E-state index contributed by atoms with van der Waals surface area (Å²) in [5.41, 5.74) is 11.5. The average molecular weight is 716 g/mol. The van der Waals surface area contributed by atoms with Crippen LogP contribution < -0.4 is 0 Å². The van der Waals surface area contributed by atoms with Crippen LogP contribution in [0.5, 0.6) is 0 Å². The lowest BCUT2D eigenvalue weighted by molar-refractivity contribution is 1.06. The highest BCUT2D eigenvalue weighted by atomic mass is 15.1. The van der Waals surface area contributed by atoms with E-state index in [1.807, 2.05) is 24.3 Å². The molecular formula is C51H33N5. The first-order valence-electron chi connectivity index (χ1n) is 18.9. The molecule has 0 unspecified atom stereocenters. The predicted molar refractivity (Wildman–Crippen MR) is 230 cm³/mol. The van der Waals surface area contributed by atoms with Gasteiger partial charge in [-0.25, -0.2) is 15.0 Å². The summed E-state index contributed by atoms with van der Waals surface area (Å²) >= 11 is 0. The van der Waals surface area contributed by atoms with Crippen LogP contribution in [0, 0.1) is 0 Å². The summed E-state index contributed by atoms with van der Waals surface area (Å²) in [5, 5.41) is 4.67. The molecule has 0 atom stereocenters. The van der Waals surface area contributed by atoms with E-state index >= 15 is 0 Å². The summed E-state index contributed by atoms with van der Waals surface area (Å²) in [6.45, 7) is 0. The van der Waals surface area contributed by atoms with Crippen LogP contribution in [-0.4, -0.2) is 24.1 Å². The first-order valence-corrected chi connectivity index (χ1v) is 18.9. The third-order valence-corrected chi connectivity index (χ3v) is 10.8. The van der Waals surface area contributed by atoms with Gasteiger partial charge in [0.15, 0.2) is 17.5 Å². The zero-order valence-electron chi connectivity index (χ0n) is 30.3. The Labute approximate surface area is 323 Å². The second-order valence-corrected chi connectivity index (χ2v) is 14.0. The van der Waals surface area contributed by atoms with Crippen molar-refractivity contribution < 1.29 is 0 Å². The second kappa shape index (κ2) is 13.0. The van der Waals surface area contributed by atoms with E-state index < -0.39 is 0 Å². The van der Waals surface area contributed by atoms with Crippen LogP contribution in [0.2, 0.25) is 0 Å². The summed E-state index contributed by atoms with van der Waals surface area (Å²) in [6.07, 6.45) is 0. The van der Waals surface area contributed by atoms with Gasteiger partial charge in [0.25, 0.3) is 0 Å². The Morgan fingerprint density at radius 3 is 1.29 bits per heavy atom. The molecule has 0 fully saturated rings. The van der Waals surface area contributed by atoms with Gasteiger partial charge >= 0.3 is 0 Å². The number of hydrogen-bond acceptors (Lipinski definition) is 3. The van der Waals surface area contributed by atoms with Gasteiger partial charge in [0, 0.05) is 38.4 Å². The van der Waals surface area contributed by atoms with Crippen molar-refractivity contribution in [2.75, 3.05) is 0 Å². The molecule has 5 heteroatoms. The largest absolute Gasteiger partial charge is 0.308 e. The van der Waals surface area contributed by atoms with Gasteiger partial charge in [0.1, 0.15) is 0 Å². The molecule has 0 aliphatic carbocycles. The van der Waals surface area contributed by atoms with E-state index in [1.54, 1.807) is 0 Å². The van der Waals surface area contributed by atoms with Crippen molar-refractivity contribution in [1.29, 1.82) is 0 Å². The maximum absolute atomic E-state index is 5.44. The van der Waals surface area contributed by atoms with Crippen LogP contribution in [0.15, 0.2) is 200 Å². The minimum Gasteiger partial charge on any atom is -0.308 e. The molecule has 0 N–H and O–H groups in total. The Morgan fingerprint density at radius 2 is 0.696 bits per heavy atom. The van der Waals surface area contributed by atoms with Gasteiger partial charge < -0.3 is 9.13 Å². The van der Waals surface area contributed by atoms with Crippen LogP contribution in [0.4, 0.5) is 0 Å². The summed E-state index contributed by atoms with van der Waals surface area (Å²) < 4.78 is 4.75. The minimum atomic E-state index is 0.600. The number of benzene rings is 8. The summed E-state index contributed by atoms with van der Waals surface area (Å²) in [4.78, 5) is 16.0. The van der Waals surface area contributed by atoms with Crippen molar-refractivity contribution in [3.05, 3.63) is 200 Å². The average Bonchev–Trinajstić information content (AvgIpc) is 3.80. The zero-order chi connectivity index (χ0) is 37.0. The standard InChI is InChI=1S/C51H33N5/c1-4-16-34(17-5-1)35-28-30-37(31-29-35)50-52-49(36-18-6-2-7-19-36)53-51(54-50)47-46(56-44-26-14-10-22-39(44)40-23-11-15-27-45(40)56)33-32-42-41-24-12-13-25-43(41)55(48(42)47)38-20-8-3-9-21-38/h1-33H. The SMILES string of the molecule is c1ccc(-c2ccc(-c3nc(-c4ccccc4)nc(-c4c(-n5c6ccccc6c6ccccc65)ccc5c6ccccc6n(-c6ccccc6)c45)n3)cc2)cc1. The number of fused-ring (bicyclic) bond motifs is 6. The molecule has 0 aliphatic rings. The highest BCUT2D eigenvalue weighted by Crippen LogP contribution is 2.43. The molecule has 5 nitrogen and oxygen atoms in total. The van der Waals surface area contributed by atoms with E-state index in [0.29, 0.717) is 17.5 Å². The Hall–Kier alpha value is -7.63. The topological polar surface area (TPSA) is 48.5 Å². The predicted octanol–water partition coefficient (Wildman–Crippen LogP) is 12.7. The van der Waals surface area contributed by atoms with E-state index in [0.717, 1.165) is 72.0 Å². The van der Waals surface area contributed by atoms with Crippen molar-refractivity contribution in [2.45, 2.75) is 0 Å². The highest BCUT2D eigenvalue weighted by Gasteiger charge is 2.25. The van der Waals surface area contributed by atoms with Crippen molar-refractivity contribution in [3.63, 3.8) is 0 Å². The number of rotatable bonds is 6. The third kappa shape index (κ3) is 5.13. The summed E-state index contributed by atoms with van der Waals surface area (Å²) in [7, 11) is 0. The Morgan fingerprint density at radius 1 is 0.286 bits per heavy atom. The Bertz CT molecular complexity index is 3170. The molecule has 0 saturated heterocycles. The summed E-state index contributed by atoms with van der Waals surface area (Å²) in [5.74, 6) is 1.83. The van der Waals surface area contributed by atoms with E-state index in [1.165, 1.54) is 10.8 Å². The van der Waals surface area contributed by atoms with Crippen LogP contribution in [0.1, 0.15) is 0 Å². The molecule has 0 amide bonds. The van der Waals surface area contributed by atoms with E-state index in [-0.39, 0.29) is 0 Å². The quantitative estimate of drug-likeness (QED) is 0.172. The molecule has 0 saturated carbocycles. The normalized spacial score (nSPS) is 11.6. The molecule has 11 rings (SSSR count). The number of hydrogen-bond donors (Lipinski definition) is 0. The van der Waals surface area contributed by atoms with Gasteiger partial charge in [-0.2, -0.15) is 0 Å². The smallest absolute Gasteiger partial charge is 0.168 e. The number of nitrogens with zero attached hydrogens (tertiary/aromatic N) is 5. The third-order valence-electron chi connectivity index (χ3n) is 10.8. The molecule has 3 aromatic heterocycles. The number of para-hydroxylation sites is 4. The zero-order valence-corrected chi connectivity index (χ0v) is 30.3. The molecule has 56 heavy (non-hydrogen) atoms. The van der Waals surface area contributed by atoms with Crippen molar-refractivity contribution in [3.8, 4) is 56.7 Å². The van der Waals surface area contributed by atoms with Crippen LogP contribution in [0.3, 0.4) is 0 Å². The number of aromatic nitrogens is 5. The van der Waals surface area contributed by atoms with Crippen molar-refractivity contribution in [2.24, 2.45) is 0 Å². The molecule has 11 aromatic rings. The van der Waals surface area contributed by atoms with Crippen LogP contribution >= 0.6 is 0 Å². The fraction of sp³-hybridized carbons (Fsp3) is 0. The lowest BCUT2D eigenvalue weighted by Crippen LogP contribution is -2.06. The highest BCUT2D eigenvalue weighted by molar-refractivity contribution is 6.16. The molecule has 8 aromatic carbocycles. The van der Waals surface area contributed by atoms with Crippen molar-refractivity contribution >= 4 is 43.6 Å². The minimum absolute atomic E-state index is 0.600. The fourth-order valence-electron chi connectivity index (χ4n) is 8.26. The molecular weight excluding hydrogens is 683 g/mol. The van der Waals surface area contributed by atoms with Crippen molar-refractivity contribution in [1.82, 2.24) is 24.1 Å². The van der Waals surface area contributed by atoms with Gasteiger partial charge in [-0.3, -0.25) is 0 Å². The van der Waals surface area contributed by atoms with Gasteiger partial charge in [-0.1, -0.05) is 164 Å². The lowest BCUT2D eigenvalue weighted by atomic mass is 10.0. The molecule has 0 bridgehead atoms. The summed E-state index contributed by atoms with van der Waals surface area (Å²) in [6, 6.07) is 70.2. The van der Waals surface area contributed by atoms with E-state index in [2.05, 4.69) is 185 Å². The van der Waals surface area contributed by atoms with Crippen LogP contribution in [-0.2, 0) is 0 Å². The lowest BCUT2D eigenvalue weighted by Gasteiger charge is -2.18.